The second-order valence-electron chi connectivity index (χ2n) is 10.3. The third-order valence-corrected chi connectivity index (χ3v) is 8.77. The molecule has 4 fully saturated rings. The van der Waals surface area contributed by atoms with Gasteiger partial charge >= 0.3 is 5.97 Å². The van der Waals surface area contributed by atoms with Crippen LogP contribution in [0.1, 0.15) is 31.2 Å². The lowest BCUT2D eigenvalue weighted by atomic mass is 9.81. The van der Waals surface area contributed by atoms with Crippen molar-refractivity contribution >= 4 is 58.3 Å². The number of hydrogen-bond acceptors (Lipinski definition) is 5. The monoisotopic (exact) mass is 526 g/mol. The van der Waals surface area contributed by atoms with Gasteiger partial charge in [0.1, 0.15) is 5.75 Å². The zero-order valence-corrected chi connectivity index (χ0v) is 21.1. The molecule has 0 aromatic heterocycles. The van der Waals surface area contributed by atoms with E-state index in [4.69, 9.17) is 27.9 Å². The zero-order valence-electron chi connectivity index (χ0n) is 19.6. The van der Waals surface area contributed by atoms with Gasteiger partial charge in [0.05, 0.1) is 34.2 Å². The van der Waals surface area contributed by atoms with Gasteiger partial charge in [-0.25, -0.2) is 4.90 Å². The van der Waals surface area contributed by atoms with Crippen LogP contribution in [0.4, 0.5) is 11.4 Å². The van der Waals surface area contributed by atoms with Gasteiger partial charge in [-0.15, -0.1) is 0 Å². The van der Waals surface area contributed by atoms with Crippen molar-refractivity contribution in [1.29, 1.82) is 0 Å². The van der Waals surface area contributed by atoms with Gasteiger partial charge in [-0.1, -0.05) is 23.2 Å². The summed E-state index contributed by atoms with van der Waals surface area (Å²) >= 11 is 12.3. The maximum atomic E-state index is 13.2. The Morgan fingerprint density at radius 3 is 2.31 bits per heavy atom. The molecular formula is C27H24Cl2N2O5. The molecule has 2 saturated heterocycles. The molecule has 9 heteroatoms. The Morgan fingerprint density at radius 2 is 1.64 bits per heavy atom. The van der Waals surface area contributed by atoms with E-state index >= 15 is 0 Å². The molecule has 0 unspecified atom stereocenters. The fourth-order valence-electron chi connectivity index (χ4n) is 6.58. The molecule has 2 bridgehead atoms. The van der Waals surface area contributed by atoms with E-state index in [1.165, 1.54) is 9.80 Å². The van der Waals surface area contributed by atoms with Crippen molar-refractivity contribution in [3.8, 4) is 5.75 Å². The Balaban J connectivity index is 1.16. The Bertz CT molecular complexity index is 1300. The van der Waals surface area contributed by atoms with Crippen molar-refractivity contribution < 1.29 is 23.9 Å². The number of benzene rings is 2. The molecule has 6 rings (SSSR count). The van der Waals surface area contributed by atoms with Crippen LogP contribution in [0.25, 0.3) is 0 Å². The molecular weight excluding hydrogens is 503 g/mol. The SMILES string of the molecule is Cc1cc(OC(=O)[C@@H]2CC(=O)N(c3cc(Cl)ccc3Cl)C2)ccc1N1C(=O)[C@@H]2[C@H]3CC[C@@H](C3)[C@H]2C1=O. The first-order valence-corrected chi connectivity index (χ1v) is 12.9. The number of aryl methyl sites for hydroxylation is 1. The van der Waals surface area contributed by atoms with Gasteiger partial charge in [0.15, 0.2) is 0 Å². The van der Waals surface area contributed by atoms with Gasteiger partial charge in [-0.3, -0.25) is 19.2 Å². The summed E-state index contributed by atoms with van der Waals surface area (Å²) in [6.07, 6.45) is 3.04. The van der Waals surface area contributed by atoms with Crippen molar-refractivity contribution in [2.45, 2.75) is 32.6 Å². The third kappa shape index (κ3) is 3.63. The van der Waals surface area contributed by atoms with Crippen molar-refractivity contribution in [1.82, 2.24) is 0 Å². The van der Waals surface area contributed by atoms with Gasteiger partial charge in [0.2, 0.25) is 17.7 Å². The van der Waals surface area contributed by atoms with Crippen LogP contribution in [0, 0.1) is 36.5 Å². The molecule has 3 amide bonds. The third-order valence-electron chi connectivity index (χ3n) is 8.21. The van der Waals surface area contributed by atoms with Crippen LogP contribution in [0.3, 0.4) is 0 Å². The predicted molar refractivity (Wildman–Crippen MR) is 134 cm³/mol. The first-order valence-electron chi connectivity index (χ1n) is 12.2. The maximum Gasteiger partial charge on any atom is 0.316 e. The molecule has 0 N–H and O–H groups in total. The van der Waals surface area contributed by atoms with E-state index in [0.29, 0.717) is 44.6 Å². The molecule has 186 valence electrons. The summed E-state index contributed by atoms with van der Waals surface area (Å²) in [5.74, 6) is -1.09. The number of imide groups is 1. The summed E-state index contributed by atoms with van der Waals surface area (Å²) < 4.78 is 5.59. The number of carbonyl (C=O) groups excluding carboxylic acids is 4. The fraction of sp³-hybridized carbons (Fsp3) is 0.407. The molecule has 2 aliphatic heterocycles. The van der Waals surface area contributed by atoms with Crippen LogP contribution in [-0.2, 0) is 19.2 Å². The Labute approximate surface area is 218 Å². The lowest BCUT2D eigenvalue weighted by molar-refractivity contribution is -0.139. The molecule has 2 heterocycles. The fourth-order valence-corrected chi connectivity index (χ4v) is 6.96. The summed E-state index contributed by atoms with van der Waals surface area (Å²) in [6.45, 7) is 1.93. The predicted octanol–water partition coefficient (Wildman–Crippen LogP) is 4.80. The number of ether oxygens (including phenoxy) is 1. The molecule has 36 heavy (non-hydrogen) atoms. The van der Waals surface area contributed by atoms with Gasteiger partial charge < -0.3 is 9.64 Å². The van der Waals surface area contributed by atoms with Gasteiger partial charge in [0, 0.05) is 18.0 Å². The van der Waals surface area contributed by atoms with Crippen LogP contribution < -0.4 is 14.5 Å². The highest BCUT2D eigenvalue weighted by Crippen LogP contribution is 2.56. The average molecular weight is 527 g/mol. The molecule has 2 saturated carbocycles. The second kappa shape index (κ2) is 8.60. The Kier molecular flexibility index (Phi) is 5.61. The van der Waals surface area contributed by atoms with Crippen molar-refractivity contribution in [3.63, 3.8) is 0 Å². The molecule has 0 spiro atoms. The number of nitrogens with zero attached hydrogens (tertiary/aromatic N) is 2. The molecule has 7 nitrogen and oxygen atoms in total. The highest BCUT2D eigenvalue weighted by Gasteiger charge is 2.61. The van der Waals surface area contributed by atoms with E-state index in [1.807, 2.05) is 0 Å². The molecule has 2 aromatic rings. The van der Waals surface area contributed by atoms with Gasteiger partial charge in [0.25, 0.3) is 0 Å². The van der Waals surface area contributed by atoms with E-state index in [2.05, 4.69) is 0 Å². The van der Waals surface area contributed by atoms with Crippen LogP contribution in [0.2, 0.25) is 10.0 Å². The number of rotatable bonds is 4. The molecule has 2 aromatic carbocycles. The van der Waals surface area contributed by atoms with Crippen LogP contribution in [-0.4, -0.2) is 30.2 Å². The van der Waals surface area contributed by atoms with E-state index < -0.39 is 11.9 Å². The molecule has 0 radical (unpaired) electrons. The van der Waals surface area contributed by atoms with Crippen LogP contribution in [0.15, 0.2) is 36.4 Å². The largest absolute Gasteiger partial charge is 0.426 e. The van der Waals surface area contributed by atoms with E-state index in [1.54, 1.807) is 43.3 Å². The summed E-state index contributed by atoms with van der Waals surface area (Å²) in [5, 5.41) is 0.811. The van der Waals surface area contributed by atoms with Crippen LogP contribution in [0.5, 0.6) is 5.75 Å². The first kappa shape index (κ1) is 23.5. The second-order valence-corrected chi connectivity index (χ2v) is 11.1. The zero-order chi connectivity index (χ0) is 25.3. The normalized spacial score (nSPS) is 28.9. The summed E-state index contributed by atoms with van der Waals surface area (Å²) in [4.78, 5) is 54.6. The van der Waals surface area contributed by atoms with Gasteiger partial charge in [-0.05, 0) is 80.0 Å². The number of amides is 3. The smallest absolute Gasteiger partial charge is 0.316 e. The van der Waals surface area contributed by atoms with Crippen molar-refractivity contribution in [2.24, 2.45) is 29.6 Å². The summed E-state index contributed by atoms with van der Waals surface area (Å²) in [7, 11) is 0. The Morgan fingerprint density at radius 1 is 0.944 bits per heavy atom. The molecule has 4 aliphatic rings. The Hall–Kier alpha value is -2.90. The van der Waals surface area contributed by atoms with E-state index in [0.717, 1.165) is 19.3 Å². The number of fused-ring (bicyclic) bond motifs is 5. The minimum atomic E-state index is -0.663. The number of anilines is 2. The van der Waals surface area contributed by atoms with Gasteiger partial charge in [-0.2, -0.15) is 0 Å². The van der Waals surface area contributed by atoms with Crippen molar-refractivity contribution in [3.05, 3.63) is 52.0 Å². The highest BCUT2D eigenvalue weighted by molar-refractivity contribution is 6.36. The minimum absolute atomic E-state index is 0.000628. The quantitative estimate of drug-likeness (QED) is 0.324. The summed E-state index contributed by atoms with van der Waals surface area (Å²) in [6, 6.07) is 9.74. The lowest BCUT2D eigenvalue weighted by Crippen LogP contribution is -2.33. The first-order chi connectivity index (χ1) is 17.2. The standard InChI is InChI=1S/C27H24Cl2N2O5/c1-13-8-18(5-7-20(13)31-25(33)23-14-2-3-15(9-14)24(23)26(31)34)36-27(35)16-10-22(32)30(12-16)21-11-17(28)4-6-19(21)29/h4-8,11,14-16,23-24H,2-3,9-10,12H2,1H3/t14-,15-,16+,23+,24+/m0/s1. The minimum Gasteiger partial charge on any atom is -0.426 e. The maximum absolute atomic E-state index is 13.2. The molecule has 2 aliphatic carbocycles. The number of hydrogen-bond donors (Lipinski definition) is 0. The number of esters is 1. The van der Waals surface area contributed by atoms with E-state index in [-0.39, 0.29) is 42.5 Å². The topological polar surface area (TPSA) is 84.0 Å². The average Bonchev–Trinajstić information content (AvgIpc) is 3.60. The van der Waals surface area contributed by atoms with E-state index in [9.17, 15) is 19.2 Å². The number of halogens is 2. The van der Waals surface area contributed by atoms with Crippen molar-refractivity contribution in [2.75, 3.05) is 16.3 Å². The highest BCUT2D eigenvalue weighted by atomic mass is 35.5. The van der Waals surface area contributed by atoms with Crippen LogP contribution >= 0.6 is 23.2 Å². The summed E-state index contributed by atoms with van der Waals surface area (Å²) in [5.41, 5.74) is 1.67. The molecule has 5 atom stereocenters. The lowest BCUT2D eigenvalue weighted by Gasteiger charge is -2.20. The number of carbonyl (C=O) groups is 4.